The second kappa shape index (κ2) is 22.7. The van der Waals surface area contributed by atoms with Crippen molar-refractivity contribution in [1.29, 1.82) is 0 Å². The molecular formula is C38H58Y2+4. The van der Waals surface area contributed by atoms with Gasteiger partial charge in [-0.2, -0.15) is 0 Å². The Balaban J connectivity index is -0.000000209. The van der Waals surface area contributed by atoms with Crippen molar-refractivity contribution in [2.45, 2.75) is 83.1 Å². The van der Waals surface area contributed by atoms with Gasteiger partial charge in [-0.1, -0.05) is 83.1 Å². The molecule has 4 saturated carbocycles. The average molecular weight is 693 g/mol. The van der Waals surface area contributed by atoms with Crippen LogP contribution in [0.5, 0.6) is 0 Å². The minimum Gasteiger partial charge on any atom is -0.358 e. The summed E-state index contributed by atoms with van der Waals surface area (Å²) < 4.78 is 0. The average Bonchev–Trinajstić information content (AvgIpc) is 3.57. The molecule has 0 aliphatic heterocycles. The SMILES string of the molecule is CC(C)(C)[C]1[CH][CH][CH][CH]1.CC(C)(C)[C]1[CH][CH][CH][CH]1.CC(C)(C)[C]1[CH][CH][CH][CH]1.CC(C)(C)[C]1[CH][CH][CH][CH]1.[CH3-].[CH3-].[Y+3].[Y+3]. The van der Waals surface area contributed by atoms with E-state index in [0.29, 0.717) is 21.7 Å². The van der Waals surface area contributed by atoms with Gasteiger partial charge in [0.25, 0.3) is 0 Å². The summed E-state index contributed by atoms with van der Waals surface area (Å²) >= 11 is 0. The Kier molecular flexibility index (Phi) is 27.8. The summed E-state index contributed by atoms with van der Waals surface area (Å²) in [6.07, 6.45) is 34.0. The summed E-state index contributed by atoms with van der Waals surface area (Å²) in [5.41, 5.74) is 1.29. The number of hydrogen-bond donors (Lipinski definition) is 0. The summed E-state index contributed by atoms with van der Waals surface area (Å²) in [5.74, 6) is 5.68. The monoisotopic (exact) mass is 692 g/mol. The van der Waals surface area contributed by atoms with Crippen LogP contribution in [0.2, 0.25) is 0 Å². The van der Waals surface area contributed by atoms with Crippen molar-refractivity contribution >= 4 is 0 Å². The Hall–Kier alpha value is 2.21. The zero-order valence-electron chi connectivity index (χ0n) is 28.4. The zero-order chi connectivity index (χ0) is 27.6. The molecule has 0 spiro atoms. The van der Waals surface area contributed by atoms with Gasteiger partial charge in [0.05, 0.1) is 0 Å². The van der Waals surface area contributed by atoms with Crippen molar-refractivity contribution in [2.75, 3.05) is 0 Å². The van der Waals surface area contributed by atoms with E-state index >= 15 is 0 Å². The van der Waals surface area contributed by atoms with Gasteiger partial charge in [0.2, 0.25) is 0 Å². The predicted octanol–water partition coefficient (Wildman–Crippen LogP) is 10.6. The maximum atomic E-state index is 2.22. The quantitative estimate of drug-likeness (QED) is 0.222. The van der Waals surface area contributed by atoms with Crippen molar-refractivity contribution < 1.29 is 65.4 Å². The van der Waals surface area contributed by atoms with Crippen molar-refractivity contribution in [3.63, 3.8) is 0 Å². The molecule has 0 amide bonds. The molecule has 0 N–H and O–H groups in total. The van der Waals surface area contributed by atoms with Crippen LogP contribution >= 0.6 is 0 Å². The van der Waals surface area contributed by atoms with E-state index < -0.39 is 0 Å². The Morgan fingerprint density at radius 1 is 0.275 bits per heavy atom. The first kappa shape index (κ1) is 49.1. The zero-order valence-corrected chi connectivity index (χ0v) is 34.1. The van der Waals surface area contributed by atoms with Crippen LogP contribution in [0.4, 0.5) is 0 Å². The topological polar surface area (TPSA) is 0 Å². The van der Waals surface area contributed by atoms with Gasteiger partial charge in [-0.3, -0.25) is 0 Å². The van der Waals surface area contributed by atoms with Crippen molar-refractivity contribution in [1.82, 2.24) is 0 Å². The van der Waals surface area contributed by atoms with Crippen LogP contribution in [0.1, 0.15) is 83.1 Å². The maximum absolute atomic E-state index is 2.22. The van der Waals surface area contributed by atoms with Crippen LogP contribution < -0.4 is 0 Å². The van der Waals surface area contributed by atoms with Crippen LogP contribution in [-0.2, 0) is 65.4 Å². The van der Waals surface area contributed by atoms with Crippen LogP contribution in [0.15, 0.2) is 0 Å². The minimum absolute atomic E-state index is 0. The van der Waals surface area contributed by atoms with E-state index in [2.05, 4.69) is 186 Å². The van der Waals surface area contributed by atoms with Gasteiger partial charge in [-0.15, -0.1) is 0 Å². The third-order valence-electron chi connectivity index (χ3n) is 6.11. The molecule has 20 radical (unpaired) electrons. The fourth-order valence-electron chi connectivity index (χ4n) is 3.50. The van der Waals surface area contributed by atoms with Crippen LogP contribution in [0.25, 0.3) is 0 Å². The van der Waals surface area contributed by atoms with Crippen LogP contribution in [-0.4, -0.2) is 0 Å². The second-order valence-corrected chi connectivity index (χ2v) is 13.7. The standard InChI is InChI=1S/4C9H13.2CH3.2Y/c4*1-9(2,3)8-6-4-5-7-8;;;;/h4*4-7H,1-3H3;2*1H3;;/q;;;;2*-1;2*+3. The smallest absolute Gasteiger partial charge is 0.358 e. The van der Waals surface area contributed by atoms with Crippen LogP contribution in [0.3, 0.4) is 0 Å². The molecule has 40 heavy (non-hydrogen) atoms. The third kappa shape index (κ3) is 21.0. The van der Waals surface area contributed by atoms with Gasteiger partial charge in [0.1, 0.15) is 0 Å². The third-order valence-corrected chi connectivity index (χ3v) is 6.11. The molecule has 0 heterocycles. The predicted molar refractivity (Wildman–Crippen MR) is 172 cm³/mol. The van der Waals surface area contributed by atoms with Gasteiger partial charge in [-0.25, -0.2) is 0 Å². The van der Waals surface area contributed by atoms with E-state index in [1.54, 1.807) is 0 Å². The van der Waals surface area contributed by atoms with E-state index in [-0.39, 0.29) is 80.3 Å². The summed E-state index contributed by atoms with van der Waals surface area (Å²) in [7, 11) is 0. The molecule has 0 atom stereocenters. The van der Waals surface area contributed by atoms with E-state index in [4.69, 9.17) is 0 Å². The van der Waals surface area contributed by atoms with E-state index in [1.165, 1.54) is 23.7 Å². The summed E-state index contributed by atoms with van der Waals surface area (Å²) in [6.45, 7) is 26.7. The fourth-order valence-corrected chi connectivity index (χ4v) is 3.50. The first-order valence-electron chi connectivity index (χ1n) is 13.3. The maximum Gasteiger partial charge on any atom is 3.00 e. The molecule has 2 heteroatoms. The molecule has 0 bridgehead atoms. The van der Waals surface area contributed by atoms with Gasteiger partial charge in [0.15, 0.2) is 0 Å². The molecule has 4 aliphatic carbocycles. The Morgan fingerprint density at radius 2 is 0.375 bits per heavy atom. The van der Waals surface area contributed by atoms with Gasteiger partial charge >= 0.3 is 65.4 Å². The molecule has 4 rings (SSSR count). The number of rotatable bonds is 0. The molecule has 0 aromatic carbocycles. The molecule has 4 fully saturated rings. The molecular weight excluding hydrogens is 634 g/mol. The van der Waals surface area contributed by atoms with E-state index in [1.807, 2.05) is 0 Å². The summed E-state index contributed by atoms with van der Waals surface area (Å²) in [6, 6.07) is 0. The van der Waals surface area contributed by atoms with E-state index in [0.717, 1.165) is 0 Å². The molecule has 0 unspecified atom stereocenters. The van der Waals surface area contributed by atoms with Gasteiger partial charge in [-0.05, 0) is 148 Å². The van der Waals surface area contributed by atoms with Gasteiger partial charge in [0, 0.05) is 0 Å². The van der Waals surface area contributed by atoms with Crippen LogP contribution in [0, 0.1) is 163 Å². The molecule has 0 saturated heterocycles. The Bertz CT molecular complexity index is 438. The number of hydrogen-bond acceptors (Lipinski definition) is 0. The van der Waals surface area contributed by atoms with Crippen molar-refractivity contribution in [3.05, 3.63) is 141 Å². The second-order valence-electron chi connectivity index (χ2n) is 13.7. The first-order valence-corrected chi connectivity index (χ1v) is 13.3. The summed E-state index contributed by atoms with van der Waals surface area (Å²) in [5, 5.41) is 0. The minimum atomic E-state index is 0. The molecule has 212 valence electrons. The summed E-state index contributed by atoms with van der Waals surface area (Å²) in [4.78, 5) is 0. The Labute approximate surface area is 308 Å². The normalized spacial score (nSPS) is 20.7. The molecule has 0 nitrogen and oxygen atoms in total. The van der Waals surface area contributed by atoms with Crippen molar-refractivity contribution in [3.8, 4) is 0 Å². The largest absolute Gasteiger partial charge is 3.00 e. The Morgan fingerprint density at radius 3 is 0.425 bits per heavy atom. The fraction of sp³-hybridized carbons (Fsp3) is 0.421. The molecule has 0 aromatic rings. The van der Waals surface area contributed by atoms with Crippen molar-refractivity contribution in [2.24, 2.45) is 21.7 Å². The van der Waals surface area contributed by atoms with Gasteiger partial charge < -0.3 is 14.9 Å². The molecule has 4 aliphatic rings. The first-order chi connectivity index (χ1) is 16.4. The van der Waals surface area contributed by atoms with E-state index in [9.17, 15) is 0 Å². The molecule has 0 aromatic heterocycles.